The molecule has 35 heavy (non-hydrogen) atoms. The minimum Gasteiger partial charge on any atom is -0.481 e. The molecule has 0 bridgehead atoms. The van der Waals surface area contributed by atoms with Crippen molar-refractivity contribution in [3.05, 3.63) is 59.7 Å². The van der Waals surface area contributed by atoms with Crippen LogP contribution in [0.1, 0.15) is 36.8 Å². The Morgan fingerprint density at radius 1 is 1.09 bits per heavy atom. The second-order valence-electron chi connectivity index (χ2n) is 8.58. The molecule has 0 saturated carbocycles. The molecule has 0 radical (unpaired) electrons. The van der Waals surface area contributed by atoms with Gasteiger partial charge in [-0.1, -0.05) is 48.5 Å². The quantitative estimate of drug-likeness (QED) is 0.476. The highest BCUT2D eigenvalue weighted by Gasteiger charge is 2.36. The minimum atomic E-state index is -1.01. The van der Waals surface area contributed by atoms with Crippen LogP contribution in [0.5, 0.6) is 0 Å². The summed E-state index contributed by atoms with van der Waals surface area (Å²) in [5.74, 6) is -1.50. The van der Waals surface area contributed by atoms with Crippen LogP contribution in [0.2, 0.25) is 0 Å². The summed E-state index contributed by atoms with van der Waals surface area (Å²) in [5.41, 5.74) is 4.53. The third kappa shape index (κ3) is 5.80. The molecule has 2 aliphatic rings. The summed E-state index contributed by atoms with van der Waals surface area (Å²) in [5, 5.41) is 14.4. The van der Waals surface area contributed by atoms with E-state index in [2.05, 4.69) is 22.8 Å². The molecule has 1 saturated heterocycles. The number of carbonyl (C=O) groups is 3. The maximum atomic E-state index is 12.6. The number of ether oxygens (including phenoxy) is 3. The zero-order valence-electron chi connectivity index (χ0n) is 19.6. The Kier molecular flexibility index (Phi) is 7.99. The number of rotatable bonds is 10. The van der Waals surface area contributed by atoms with Crippen LogP contribution >= 0.6 is 0 Å². The van der Waals surface area contributed by atoms with Crippen molar-refractivity contribution in [2.24, 2.45) is 0 Å². The maximum Gasteiger partial charge on any atom is 0.407 e. The zero-order chi connectivity index (χ0) is 24.8. The van der Waals surface area contributed by atoms with E-state index >= 15 is 0 Å². The predicted molar refractivity (Wildman–Crippen MR) is 127 cm³/mol. The molecule has 2 aromatic rings. The molecular weight excluding hydrogens is 452 g/mol. The summed E-state index contributed by atoms with van der Waals surface area (Å²) in [4.78, 5) is 36.2. The molecule has 1 aliphatic heterocycles. The number of benzene rings is 2. The lowest BCUT2D eigenvalue weighted by Crippen LogP contribution is -2.49. The Labute approximate surface area is 203 Å². The van der Waals surface area contributed by atoms with Gasteiger partial charge in [-0.2, -0.15) is 0 Å². The molecule has 0 aromatic heterocycles. The molecule has 9 nitrogen and oxygen atoms in total. The van der Waals surface area contributed by atoms with Crippen molar-refractivity contribution in [2.75, 3.05) is 26.4 Å². The normalized spacial score (nSPS) is 19.5. The van der Waals surface area contributed by atoms with Crippen molar-refractivity contribution in [3.63, 3.8) is 0 Å². The van der Waals surface area contributed by atoms with Crippen LogP contribution in [0.4, 0.5) is 4.79 Å². The smallest absolute Gasteiger partial charge is 0.407 e. The van der Waals surface area contributed by atoms with Gasteiger partial charge in [-0.25, -0.2) is 4.79 Å². The number of alkyl carbamates (subject to hydrolysis) is 1. The van der Waals surface area contributed by atoms with Crippen molar-refractivity contribution in [3.8, 4) is 11.1 Å². The zero-order valence-corrected chi connectivity index (χ0v) is 19.6. The van der Waals surface area contributed by atoms with Gasteiger partial charge in [0, 0.05) is 25.7 Å². The number of aliphatic carboxylic acids is 1. The number of amides is 2. The Bertz CT molecular complexity index is 1030. The Balaban J connectivity index is 1.31. The standard InChI is InChI=1S/C26H30N2O7/c1-2-33-16(13-23(29)30)14-27-25(31)24-22(11-12-34-24)28-26(32)35-15-21-19-9-5-3-7-17(19)18-8-4-6-10-20(18)21/h3-10,16,21-22,24H,2,11-15H2,1H3,(H,27,31)(H,28,32)(H,29,30)/t16?,22-,24+/m1/s1. The van der Waals surface area contributed by atoms with Gasteiger partial charge in [0.1, 0.15) is 6.61 Å². The number of nitrogens with one attached hydrogen (secondary N) is 2. The molecule has 3 atom stereocenters. The highest BCUT2D eigenvalue weighted by atomic mass is 16.6. The largest absolute Gasteiger partial charge is 0.481 e. The van der Waals surface area contributed by atoms with Gasteiger partial charge in [-0.3, -0.25) is 9.59 Å². The van der Waals surface area contributed by atoms with Crippen LogP contribution in [0.3, 0.4) is 0 Å². The molecule has 0 spiro atoms. The van der Waals surface area contributed by atoms with Crippen molar-refractivity contribution >= 4 is 18.0 Å². The van der Waals surface area contributed by atoms with Crippen LogP contribution in [0.25, 0.3) is 11.1 Å². The summed E-state index contributed by atoms with van der Waals surface area (Å²) in [6.07, 6.45) is -1.90. The van der Waals surface area contributed by atoms with Crippen molar-refractivity contribution in [1.82, 2.24) is 10.6 Å². The number of carboxylic acid groups (broad SMARTS) is 1. The van der Waals surface area contributed by atoms with Crippen molar-refractivity contribution < 1.29 is 33.7 Å². The summed E-state index contributed by atoms with van der Waals surface area (Å²) in [6.45, 7) is 2.62. The van der Waals surface area contributed by atoms with E-state index < -0.39 is 36.2 Å². The van der Waals surface area contributed by atoms with Gasteiger partial charge in [-0.15, -0.1) is 0 Å². The van der Waals surface area contributed by atoms with Gasteiger partial charge >= 0.3 is 12.1 Å². The predicted octanol–water partition coefficient (Wildman–Crippen LogP) is 2.68. The highest BCUT2D eigenvalue weighted by molar-refractivity contribution is 5.83. The number of carboxylic acids is 1. The lowest BCUT2D eigenvalue weighted by Gasteiger charge is -2.22. The summed E-state index contributed by atoms with van der Waals surface area (Å²) in [7, 11) is 0. The molecule has 1 fully saturated rings. The van der Waals surface area contributed by atoms with E-state index in [1.807, 2.05) is 36.4 Å². The molecule has 3 N–H and O–H groups in total. The Morgan fingerprint density at radius 3 is 2.37 bits per heavy atom. The van der Waals surface area contributed by atoms with E-state index in [4.69, 9.17) is 19.3 Å². The molecule has 1 unspecified atom stereocenters. The molecule has 4 rings (SSSR count). The summed E-state index contributed by atoms with van der Waals surface area (Å²) < 4.78 is 16.5. The molecular formula is C26H30N2O7. The first kappa shape index (κ1) is 24.7. The fourth-order valence-electron chi connectivity index (χ4n) is 4.72. The molecule has 9 heteroatoms. The van der Waals surface area contributed by atoms with Crippen LogP contribution in [0, 0.1) is 0 Å². The third-order valence-corrected chi connectivity index (χ3v) is 6.31. The Morgan fingerprint density at radius 2 is 1.74 bits per heavy atom. The van der Waals surface area contributed by atoms with Crippen LogP contribution < -0.4 is 10.6 Å². The second-order valence-corrected chi connectivity index (χ2v) is 8.58. The van der Waals surface area contributed by atoms with Crippen LogP contribution in [0.15, 0.2) is 48.5 Å². The molecule has 2 aromatic carbocycles. The lowest BCUT2D eigenvalue weighted by molar-refractivity contribution is -0.141. The number of hydrogen-bond donors (Lipinski definition) is 3. The number of carbonyl (C=O) groups excluding carboxylic acids is 2. The van der Waals surface area contributed by atoms with Crippen LogP contribution in [-0.4, -0.2) is 67.7 Å². The van der Waals surface area contributed by atoms with Crippen molar-refractivity contribution in [1.29, 1.82) is 0 Å². The molecule has 2 amide bonds. The van der Waals surface area contributed by atoms with Crippen LogP contribution in [-0.2, 0) is 23.8 Å². The first-order chi connectivity index (χ1) is 17.0. The third-order valence-electron chi connectivity index (χ3n) is 6.31. The van der Waals surface area contributed by atoms with E-state index in [1.54, 1.807) is 6.92 Å². The lowest BCUT2D eigenvalue weighted by atomic mass is 9.98. The summed E-state index contributed by atoms with van der Waals surface area (Å²) >= 11 is 0. The fourth-order valence-corrected chi connectivity index (χ4v) is 4.72. The number of fused-ring (bicyclic) bond motifs is 3. The fraction of sp³-hybridized carbons (Fsp3) is 0.423. The van der Waals surface area contributed by atoms with Gasteiger partial charge in [0.2, 0.25) is 0 Å². The van der Waals surface area contributed by atoms with E-state index in [9.17, 15) is 14.4 Å². The first-order valence-electron chi connectivity index (χ1n) is 11.8. The van der Waals surface area contributed by atoms with E-state index in [-0.39, 0.29) is 25.5 Å². The SMILES string of the molecule is CCOC(CNC(=O)[C@H]1OCC[C@H]1NC(=O)OCC1c2ccccc2-c2ccccc21)CC(=O)O. The van der Waals surface area contributed by atoms with Gasteiger partial charge in [-0.05, 0) is 35.6 Å². The average molecular weight is 483 g/mol. The monoisotopic (exact) mass is 482 g/mol. The average Bonchev–Trinajstić information content (AvgIpc) is 3.43. The molecule has 1 heterocycles. The summed E-state index contributed by atoms with van der Waals surface area (Å²) in [6, 6.07) is 15.6. The van der Waals surface area contributed by atoms with Gasteiger partial charge in [0.25, 0.3) is 5.91 Å². The van der Waals surface area contributed by atoms with E-state index in [1.165, 1.54) is 0 Å². The maximum absolute atomic E-state index is 12.6. The first-order valence-corrected chi connectivity index (χ1v) is 11.8. The second kappa shape index (κ2) is 11.3. The van der Waals surface area contributed by atoms with Gasteiger partial charge in [0.15, 0.2) is 6.10 Å². The van der Waals surface area contributed by atoms with Gasteiger partial charge < -0.3 is 30.0 Å². The van der Waals surface area contributed by atoms with Gasteiger partial charge in [0.05, 0.1) is 18.6 Å². The topological polar surface area (TPSA) is 123 Å². The Hall–Kier alpha value is -3.43. The van der Waals surface area contributed by atoms with Crippen molar-refractivity contribution in [2.45, 2.75) is 43.9 Å². The number of hydrogen-bond acceptors (Lipinski definition) is 6. The molecule has 186 valence electrons. The minimum absolute atomic E-state index is 0.0382. The molecule has 1 aliphatic carbocycles. The van der Waals surface area contributed by atoms with E-state index in [0.717, 1.165) is 22.3 Å². The highest BCUT2D eigenvalue weighted by Crippen LogP contribution is 2.44. The van der Waals surface area contributed by atoms with E-state index in [0.29, 0.717) is 19.6 Å².